The Kier molecular flexibility index (Phi) is 3.29. The highest BCUT2D eigenvalue weighted by Gasteiger charge is 2.11. The number of hydrogen-bond acceptors (Lipinski definition) is 3. The fraction of sp³-hybridized carbons (Fsp3) is 0.143. The first kappa shape index (κ1) is 9.74. The fourth-order valence-corrected chi connectivity index (χ4v) is 1.63. The van der Waals surface area contributed by atoms with Crippen LogP contribution in [-0.2, 0) is 0 Å². The van der Waals surface area contributed by atoms with E-state index in [9.17, 15) is 4.39 Å². The van der Waals surface area contributed by atoms with E-state index in [1.54, 1.807) is 12.3 Å². The van der Waals surface area contributed by atoms with E-state index in [0.29, 0.717) is 3.57 Å². The molecule has 0 N–H and O–H groups in total. The van der Waals surface area contributed by atoms with E-state index in [1.807, 2.05) is 22.6 Å². The van der Waals surface area contributed by atoms with Crippen LogP contribution in [0.4, 0.5) is 4.39 Å². The Hall–Kier alpha value is -0.350. The summed E-state index contributed by atoms with van der Waals surface area (Å²) < 4.78 is 13.8. The number of halogens is 2. The van der Waals surface area contributed by atoms with Gasteiger partial charge < -0.3 is 0 Å². The Morgan fingerprint density at radius 1 is 1.75 bits per heavy atom. The van der Waals surface area contributed by atoms with Gasteiger partial charge in [0, 0.05) is 6.20 Å². The summed E-state index contributed by atoms with van der Waals surface area (Å²) in [6.45, 7) is 0. The topological polar surface area (TPSA) is 36.7 Å². The molecule has 0 aromatic carbocycles. The quantitative estimate of drug-likeness (QED) is 0.589. The predicted octanol–water partition coefficient (Wildman–Crippen LogP) is 2.42. The SMILES string of the molecule is CSc1ncc(I)c(C#N)c1F. The maximum absolute atomic E-state index is 13.2. The third-order valence-electron chi connectivity index (χ3n) is 1.25. The molecule has 5 heteroatoms. The van der Waals surface area contributed by atoms with Crippen LogP contribution in [0.3, 0.4) is 0 Å². The second kappa shape index (κ2) is 4.05. The number of hydrogen-bond donors (Lipinski definition) is 0. The molecular formula is C7H4FIN2S. The molecule has 62 valence electrons. The van der Waals surface area contributed by atoms with Crippen molar-refractivity contribution in [1.29, 1.82) is 5.26 Å². The number of nitriles is 1. The highest BCUT2D eigenvalue weighted by atomic mass is 127. The third kappa shape index (κ3) is 1.69. The Labute approximate surface area is 87.3 Å². The summed E-state index contributed by atoms with van der Waals surface area (Å²) in [5, 5.41) is 8.86. The van der Waals surface area contributed by atoms with E-state index in [4.69, 9.17) is 5.26 Å². The summed E-state index contributed by atoms with van der Waals surface area (Å²) in [7, 11) is 0. The lowest BCUT2D eigenvalue weighted by atomic mass is 10.3. The van der Waals surface area contributed by atoms with E-state index < -0.39 is 5.82 Å². The molecule has 0 aliphatic heterocycles. The molecule has 0 amide bonds. The second-order valence-electron chi connectivity index (χ2n) is 1.92. The lowest BCUT2D eigenvalue weighted by Gasteiger charge is -2.00. The normalized spacial score (nSPS) is 9.50. The largest absolute Gasteiger partial charge is 0.246 e. The third-order valence-corrected chi connectivity index (χ3v) is 2.74. The summed E-state index contributed by atoms with van der Waals surface area (Å²) in [4.78, 5) is 3.83. The lowest BCUT2D eigenvalue weighted by molar-refractivity contribution is 0.582. The number of thioether (sulfide) groups is 1. The van der Waals surface area contributed by atoms with Gasteiger partial charge in [0.25, 0.3) is 0 Å². The summed E-state index contributed by atoms with van der Waals surface area (Å²) in [6, 6.07) is 1.80. The molecule has 1 aromatic rings. The van der Waals surface area contributed by atoms with Gasteiger partial charge >= 0.3 is 0 Å². The first-order valence-electron chi connectivity index (χ1n) is 2.98. The molecule has 1 aromatic heterocycles. The molecule has 0 bridgehead atoms. The summed E-state index contributed by atoms with van der Waals surface area (Å²) >= 11 is 3.08. The van der Waals surface area contributed by atoms with Crippen molar-refractivity contribution in [3.05, 3.63) is 21.1 Å². The highest BCUT2D eigenvalue weighted by molar-refractivity contribution is 14.1. The van der Waals surface area contributed by atoms with Crippen molar-refractivity contribution in [1.82, 2.24) is 4.98 Å². The van der Waals surface area contributed by atoms with Crippen molar-refractivity contribution < 1.29 is 4.39 Å². The average molecular weight is 294 g/mol. The van der Waals surface area contributed by atoms with Crippen molar-refractivity contribution in [2.45, 2.75) is 5.03 Å². The lowest BCUT2D eigenvalue weighted by Crippen LogP contribution is -1.94. The van der Waals surface area contributed by atoms with Gasteiger partial charge in [-0.1, -0.05) is 0 Å². The molecule has 0 aliphatic carbocycles. The molecule has 0 saturated heterocycles. The van der Waals surface area contributed by atoms with Crippen LogP contribution in [-0.4, -0.2) is 11.2 Å². The van der Waals surface area contributed by atoms with Crippen molar-refractivity contribution >= 4 is 34.4 Å². The highest BCUT2D eigenvalue weighted by Crippen LogP contribution is 2.22. The molecule has 1 heterocycles. The Balaban J connectivity index is 3.36. The summed E-state index contributed by atoms with van der Waals surface area (Å²) in [6.07, 6.45) is 3.22. The molecule has 0 spiro atoms. The molecular weight excluding hydrogens is 290 g/mol. The van der Waals surface area contributed by atoms with Gasteiger partial charge in [-0.3, -0.25) is 0 Å². The van der Waals surface area contributed by atoms with Crippen LogP contribution in [0.1, 0.15) is 5.56 Å². The molecule has 0 unspecified atom stereocenters. The molecule has 1 rings (SSSR count). The standard InChI is InChI=1S/C7H4FIN2S/c1-12-7-6(8)4(2-10)5(9)3-11-7/h3H,1H3. The van der Waals surface area contributed by atoms with Crippen molar-refractivity contribution in [2.24, 2.45) is 0 Å². The van der Waals surface area contributed by atoms with E-state index in [1.165, 1.54) is 18.0 Å². The molecule has 0 aliphatic rings. The maximum atomic E-state index is 13.2. The second-order valence-corrected chi connectivity index (χ2v) is 3.87. The minimum Gasteiger partial charge on any atom is -0.246 e. The Morgan fingerprint density at radius 3 is 2.92 bits per heavy atom. The van der Waals surface area contributed by atoms with E-state index >= 15 is 0 Å². The fourth-order valence-electron chi connectivity index (χ4n) is 0.693. The van der Waals surface area contributed by atoms with E-state index in [-0.39, 0.29) is 10.6 Å². The van der Waals surface area contributed by atoms with Crippen LogP contribution in [0.2, 0.25) is 0 Å². The van der Waals surface area contributed by atoms with Crippen LogP contribution in [0, 0.1) is 20.7 Å². The van der Waals surface area contributed by atoms with E-state index in [0.717, 1.165) is 0 Å². The zero-order valence-corrected chi connectivity index (χ0v) is 9.11. The first-order valence-corrected chi connectivity index (χ1v) is 5.29. The zero-order valence-electron chi connectivity index (χ0n) is 6.14. The number of rotatable bonds is 1. The van der Waals surface area contributed by atoms with E-state index in [2.05, 4.69) is 4.98 Å². The van der Waals surface area contributed by atoms with Crippen LogP contribution in [0.25, 0.3) is 0 Å². The van der Waals surface area contributed by atoms with Crippen molar-refractivity contribution in [2.75, 3.05) is 6.26 Å². The average Bonchev–Trinajstić information content (AvgIpc) is 2.06. The van der Waals surface area contributed by atoms with Gasteiger partial charge in [0.05, 0.1) is 3.57 Å². The van der Waals surface area contributed by atoms with Gasteiger partial charge in [-0.15, -0.1) is 11.8 Å². The van der Waals surface area contributed by atoms with Crippen LogP contribution in [0.5, 0.6) is 0 Å². The van der Waals surface area contributed by atoms with Gasteiger partial charge in [0.2, 0.25) is 0 Å². The predicted molar refractivity (Wildman–Crippen MR) is 53.4 cm³/mol. The molecule has 12 heavy (non-hydrogen) atoms. The van der Waals surface area contributed by atoms with Crippen molar-refractivity contribution in [3.63, 3.8) is 0 Å². The van der Waals surface area contributed by atoms with Gasteiger partial charge in [-0.05, 0) is 28.8 Å². The van der Waals surface area contributed by atoms with Gasteiger partial charge in [-0.2, -0.15) is 5.26 Å². The zero-order chi connectivity index (χ0) is 9.14. The first-order chi connectivity index (χ1) is 5.70. The number of nitrogens with zero attached hydrogens (tertiary/aromatic N) is 2. The summed E-state index contributed by atoms with van der Waals surface area (Å²) in [5.41, 5.74) is 0.0787. The molecule has 2 nitrogen and oxygen atoms in total. The Morgan fingerprint density at radius 2 is 2.42 bits per heavy atom. The van der Waals surface area contributed by atoms with Crippen molar-refractivity contribution in [3.8, 4) is 6.07 Å². The minimum absolute atomic E-state index is 0.0787. The van der Waals surface area contributed by atoms with Gasteiger partial charge in [-0.25, -0.2) is 9.37 Å². The Bertz CT molecular complexity index is 348. The smallest absolute Gasteiger partial charge is 0.174 e. The molecule has 0 radical (unpaired) electrons. The van der Waals surface area contributed by atoms with Gasteiger partial charge in [0.15, 0.2) is 5.82 Å². The number of pyridine rings is 1. The minimum atomic E-state index is -0.517. The van der Waals surface area contributed by atoms with Crippen LogP contribution >= 0.6 is 34.4 Å². The number of aromatic nitrogens is 1. The maximum Gasteiger partial charge on any atom is 0.174 e. The molecule has 0 atom stereocenters. The van der Waals surface area contributed by atoms with Crippen LogP contribution < -0.4 is 0 Å². The summed E-state index contributed by atoms with van der Waals surface area (Å²) in [5.74, 6) is -0.517. The monoisotopic (exact) mass is 294 g/mol. The van der Waals surface area contributed by atoms with Crippen LogP contribution in [0.15, 0.2) is 11.2 Å². The molecule has 0 saturated carbocycles. The molecule has 0 fully saturated rings. The van der Waals surface area contributed by atoms with Gasteiger partial charge in [0.1, 0.15) is 16.7 Å².